The molecule has 0 radical (unpaired) electrons. The van der Waals surface area contributed by atoms with E-state index in [1.165, 1.54) is 22.5 Å². The van der Waals surface area contributed by atoms with Crippen LogP contribution in [0.4, 0.5) is 11.4 Å². The molecule has 110 valence electrons. The number of nitrogens with zero attached hydrogens (tertiary/aromatic N) is 1. The highest BCUT2D eigenvalue weighted by atomic mass is 15.3. The number of hydrogen-bond acceptors (Lipinski definition) is 2. The quantitative estimate of drug-likeness (QED) is 0.853. The predicted molar refractivity (Wildman–Crippen MR) is 93.1 cm³/mol. The van der Waals surface area contributed by atoms with E-state index in [2.05, 4.69) is 90.0 Å². The Morgan fingerprint density at radius 1 is 1.05 bits per heavy atom. The number of aryl methyl sites for hydroxylation is 1. The van der Waals surface area contributed by atoms with E-state index >= 15 is 0 Å². The fourth-order valence-electron chi connectivity index (χ4n) is 3.36. The molecule has 4 rings (SSSR count). The van der Waals surface area contributed by atoms with Crippen LogP contribution in [-0.2, 0) is 0 Å². The molecule has 0 spiro atoms. The van der Waals surface area contributed by atoms with E-state index in [0.717, 1.165) is 6.42 Å². The molecule has 0 bridgehead atoms. The standard InChI is InChI=1S/C20H20N2/c1-15-12-13-18-19(14-15)22(17-10-6-3-7-11-17)20(21-18)16-8-4-2-5-9-16/h2-10,12-14,17,20-21H,11H2,1H3. The number of benzene rings is 2. The van der Waals surface area contributed by atoms with Crippen LogP contribution in [-0.4, -0.2) is 6.04 Å². The summed E-state index contributed by atoms with van der Waals surface area (Å²) < 4.78 is 0. The van der Waals surface area contributed by atoms with Crippen molar-refractivity contribution in [3.05, 3.63) is 84.0 Å². The lowest BCUT2D eigenvalue weighted by Crippen LogP contribution is -2.37. The van der Waals surface area contributed by atoms with E-state index in [1.807, 2.05) is 0 Å². The van der Waals surface area contributed by atoms with Gasteiger partial charge in [0.15, 0.2) is 0 Å². The van der Waals surface area contributed by atoms with Crippen molar-refractivity contribution in [2.45, 2.75) is 25.6 Å². The zero-order valence-corrected chi connectivity index (χ0v) is 12.7. The second-order valence-electron chi connectivity index (χ2n) is 6.00. The maximum atomic E-state index is 3.69. The van der Waals surface area contributed by atoms with E-state index in [-0.39, 0.29) is 6.17 Å². The first kappa shape index (κ1) is 13.2. The number of rotatable bonds is 2. The van der Waals surface area contributed by atoms with Crippen molar-refractivity contribution < 1.29 is 0 Å². The Balaban J connectivity index is 1.79. The van der Waals surface area contributed by atoms with Crippen molar-refractivity contribution >= 4 is 11.4 Å². The molecule has 0 fully saturated rings. The van der Waals surface area contributed by atoms with Gasteiger partial charge in [-0.15, -0.1) is 0 Å². The van der Waals surface area contributed by atoms with E-state index in [0.29, 0.717) is 6.04 Å². The molecule has 2 heteroatoms. The van der Waals surface area contributed by atoms with Gasteiger partial charge in [-0.05, 0) is 36.6 Å². The van der Waals surface area contributed by atoms with Gasteiger partial charge < -0.3 is 10.2 Å². The van der Waals surface area contributed by atoms with Crippen molar-refractivity contribution in [1.29, 1.82) is 0 Å². The fourth-order valence-corrected chi connectivity index (χ4v) is 3.36. The van der Waals surface area contributed by atoms with Crippen LogP contribution in [0.1, 0.15) is 23.7 Å². The highest BCUT2D eigenvalue weighted by Crippen LogP contribution is 2.44. The molecule has 2 atom stereocenters. The van der Waals surface area contributed by atoms with Crippen LogP contribution < -0.4 is 10.2 Å². The van der Waals surface area contributed by atoms with Crippen molar-refractivity contribution in [1.82, 2.24) is 0 Å². The summed E-state index contributed by atoms with van der Waals surface area (Å²) in [6.07, 6.45) is 10.1. The average molecular weight is 288 g/mol. The molecule has 1 N–H and O–H groups in total. The molecule has 2 nitrogen and oxygen atoms in total. The normalized spacial score (nSPS) is 22.5. The average Bonchev–Trinajstić information content (AvgIpc) is 2.95. The monoisotopic (exact) mass is 288 g/mol. The molecule has 0 saturated heterocycles. The summed E-state index contributed by atoms with van der Waals surface area (Å²) in [7, 11) is 0. The van der Waals surface area contributed by atoms with Crippen molar-refractivity contribution in [3.8, 4) is 0 Å². The molecule has 1 heterocycles. The summed E-state index contributed by atoms with van der Waals surface area (Å²) in [6.45, 7) is 2.16. The Kier molecular flexibility index (Phi) is 3.23. The number of hydrogen-bond donors (Lipinski definition) is 1. The highest BCUT2D eigenvalue weighted by molar-refractivity contribution is 5.78. The molecule has 2 aromatic carbocycles. The van der Waals surface area contributed by atoms with Gasteiger partial charge in [0.2, 0.25) is 0 Å². The largest absolute Gasteiger partial charge is 0.360 e. The molecule has 1 aliphatic carbocycles. The Morgan fingerprint density at radius 2 is 1.91 bits per heavy atom. The third-order valence-electron chi connectivity index (χ3n) is 4.43. The van der Waals surface area contributed by atoms with Gasteiger partial charge in [-0.25, -0.2) is 0 Å². The molecular weight excluding hydrogens is 268 g/mol. The van der Waals surface area contributed by atoms with Crippen LogP contribution in [0.2, 0.25) is 0 Å². The fraction of sp³-hybridized carbons (Fsp3) is 0.200. The Morgan fingerprint density at radius 3 is 2.68 bits per heavy atom. The number of nitrogens with one attached hydrogen (secondary N) is 1. The first-order chi connectivity index (χ1) is 10.8. The SMILES string of the molecule is Cc1ccc2c(c1)N(C1C=CC=CC1)C(c1ccccc1)N2. The van der Waals surface area contributed by atoms with Gasteiger partial charge in [-0.2, -0.15) is 0 Å². The van der Waals surface area contributed by atoms with E-state index in [1.54, 1.807) is 0 Å². The molecule has 0 amide bonds. The maximum absolute atomic E-state index is 3.69. The summed E-state index contributed by atoms with van der Waals surface area (Å²) in [5.74, 6) is 0. The molecule has 22 heavy (non-hydrogen) atoms. The van der Waals surface area contributed by atoms with Crippen molar-refractivity contribution in [3.63, 3.8) is 0 Å². The van der Waals surface area contributed by atoms with Crippen molar-refractivity contribution in [2.24, 2.45) is 0 Å². The van der Waals surface area contributed by atoms with Gasteiger partial charge in [-0.1, -0.05) is 60.7 Å². The minimum absolute atomic E-state index is 0.194. The lowest BCUT2D eigenvalue weighted by Gasteiger charge is -2.34. The van der Waals surface area contributed by atoms with Crippen LogP contribution in [0.15, 0.2) is 72.8 Å². The van der Waals surface area contributed by atoms with Gasteiger partial charge in [0, 0.05) is 0 Å². The first-order valence-electron chi connectivity index (χ1n) is 7.87. The summed E-state index contributed by atoms with van der Waals surface area (Å²) >= 11 is 0. The lowest BCUT2D eigenvalue weighted by molar-refractivity contribution is 0.632. The van der Waals surface area contributed by atoms with Gasteiger partial charge in [0.05, 0.1) is 17.4 Å². The van der Waals surface area contributed by atoms with Gasteiger partial charge in [0.1, 0.15) is 6.17 Å². The predicted octanol–water partition coefficient (Wildman–Crippen LogP) is 4.81. The maximum Gasteiger partial charge on any atom is 0.126 e. The minimum Gasteiger partial charge on any atom is -0.360 e. The van der Waals surface area contributed by atoms with Crippen LogP contribution in [0, 0.1) is 6.92 Å². The summed E-state index contributed by atoms with van der Waals surface area (Å²) in [6, 6.07) is 17.8. The van der Waals surface area contributed by atoms with Crippen LogP contribution in [0.5, 0.6) is 0 Å². The molecule has 2 unspecified atom stereocenters. The van der Waals surface area contributed by atoms with Crippen LogP contribution in [0.25, 0.3) is 0 Å². The Bertz CT molecular complexity index is 731. The molecule has 1 aliphatic heterocycles. The molecule has 2 aromatic rings. The van der Waals surface area contributed by atoms with Gasteiger partial charge in [-0.3, -0.25) is 0 Å². The third kappa shape index (κ3) is 2.21. The minimum atomic E-state index is 0.194. The number of fused-ring (bicyclic) bond motifs is 1. The zero-order chi connectivity index (χ0) is 14.9. The molecule has 2 aliphatic rings. The summed E-state index contributed by atoms with van der Waals surface area (Å²) in [5.41, 5.74) is 5.13. The zero-order valence-electron chi connectivity index (χ0n) is 12.7. The molecular formula is C20H20N2. The van der Waals surface area contributed by atoms with Crippen LogP contribution >= 0.6 is 0 Å². The smallest absolute Gasteiger partial charge is 0.126 e. The van der Waals surface area contributed by atoms with Crippen LogP contribution in [0.3, 0.4) is 0 Å². The molecule has 0 aromatic heterocycles. The highest BCUT2D eigenvalue weighted by Gasteiger charge is 2.33. The summed E-state index contributed by atoms with van der Waals surface area (Å²) in [4.78, 5) is 2.51. The second kappa shape index (κ2) is 5.38. The third-order valence-corrected chi connectivity index (χ3v) is 4.43. The second-order valence-corrected chi connectivity index (χ2v) is 6.00. The molecule has 0 saturated carbocycles. The van der Waals surface area contributed by atoms with Gasteiger partial charge >= 0.3 is 0 Å². The van der Waals surface area contributed by atoms with Gasteiger partial charge in [0.25, 0.3) is 0 Å². The van der Waals surface area contributed by atoms with E-state index in [9.17, 15) is 0 Å². The number of allylic oxidation sites excluding steroid dienone is 2. The summed E-state index contributed by atoms with van der Waals surface area (Å²) in [5, 5.41) is 3.69. The topological polar surface area (TPSA) is 15.3 Å². The first-order valence-corrected chi connectivity index (χ1v) is 7.87. The lowest BCUT2D eigenvalue weighted by atomic mass is 10.0. The Labute approximate surface area is 131 Å². The van der Waals surface area contributed by atoms with E-state index in [4.69, 9.17) is 0 Å². The Hall–Kier alpha value is -2.48. The van der Waals surface area contributed by atoms with Crippen molar-refractivity contribution in [2.75, 3.05) is 10.2 Å². The van der Waals surface area contributed by atoms with E-state index < -0.39 is 0 Å². The number of anilines is 2.